The van der Waals surface area contributed by atoms with Crippen molar-refractivity contribution in [2.75, 3.05) is 38.2 Å². The molecule has 1 N–H and O–H groups in total. The Hall–Kier alpha value is -3.45. The van der Waals surface area contributed by atoms with Crippen LogP contribution in [0.1, 0.15) is 27.6 Å². The summed E-state index contributed by atoms with van der Waals surface area (Å²) in [7, 11) is 0. The van der Waals surface area contributed by atoms with E-state index in [0.717, 1.165) is 16.6 Å². The van der Waals surface area contributed by atoms with E-state index >= 15 is 0 Å². The summed E-state index contributed by atoms with van der Waals surface area (Å²) in [4.78, 5) is 31.4. The van der Waals surface area contributed by atoms with Gasteiger partial charge in [0.1, 0.15) is 0 Å². The number of amides is 1. The molecule has 7 heteroatoms. The molecule has 2 heterocycles. The summed E-state index contributed by atoms with van der Waals surface area (Å²) in [5.41, 5.74) is 3.23. The smallest absolute Gasteiger partial charge is 0.338 e. The average molecular weight is 405 g/mol. The first-order valence-corrected chi connectivity index (χ1v) is 9.96. The minimum absolute atomic E-state index is 0.0813. The molecule has 2 aromatic carbocycles. The molecule has 1 saturated heterocycles. The number of ether oxygens (including phenoxy) is 2. The Labute approximate surface area is 174 Å². The predicted molar refractivity (Wildman–Crippen MR) is 114 cm³/mol. The number of hydrogen-bond donors (Lipinski definition) is 1. The number of morpholine rings is 1. The Morgan fingerprint density at radius 2 is 1.83 bits per heavy atom. The number of benzene rings is 2. The van der Waals surface area contributed by atoms with Crippen molar-refractivity contribution in [3.05, 3.63) is 65.9 Å². The van der Waals surface area contributed by atoms with Crippen molar-refractivity contribution < 1.29 is 19.1 Å². The van der Waals surface area contributed by atoms with Crippen LogP contribution in [0.3, 0.4) is 0 Å². The summed E-state index contributed by atoms with van der Waals surface area (Å²) in [6, 6.07) is 14.7. The lowest BCUT2D eigenvalue weighted by Crippen LogP contribution is -2.41. The maximum atomic E-state index is 13.2. The molecule has 1 amide bonds. The maximum Gasteiger partial charge on any atom is 0.338 e. The van der Waals surface area contributed by atoms with Gasteiger partial charge in [-0.15, -0.1) is 0 Å². The van der Waals surface area contributed by atoms with E-state index in [0.29, 0.717) is 49.7 Å². The molecule has 0 unspecified atom stereocenters. The van der Waals surface area contributed by atoms with Gasteiger partial charge in [0.25, 0.3) is 5.91 Å². The standard InChI is InChI=1S/C23H23N3O4/c1-2-30-23(28)16-7-9-17(10-8-16)25-21-18-5-3-4-6-20(18)24-15-19(21)22(27)26-11-13-29-14-12-26/h3-10,15H,2,11-14H2,1H3,(H,24,25). The number of nitrogens with zero attached hydrogens (tertiary/aromatic N) is 2. The highest BCUT2D eigenvalue weighted by atomic mass is 16.5. The number of carbonyl (C=O) groups excluding carboxylic acids is 2. The highest BCUT2D eigenvalue weighted by molar-refractivity contribution is 6.08. The Balaban J connectivity index is 1.69. The van der Waals surface area contributed by atoms with Crippen molar-refractivity contribution in [1.82, 2.24) is 9.88 Å². The monoisotopic (exact) mass is 405 g/mol. The number of para-hydroxylation sites is 1. The van der Waals surface area contributed by atoms with Crippen molar-refractivity contribution in [2.45, 2.75) is 6.92 Å². The van der Waals surface area contributed by atoms with E-state index in [1.54, 1.807) is 42.3 Å². The molecule has 4 rings (SSSR count). The minimum Gasteiger partial charge on any atom is -0.462 e. The number of anilines is 2. The van der Waals surface area contributed by atoms with Gasteiger partial charge in [0.15, 0.2) is 0 Å². The summed E-state index contributed by atoms with van der Waals surface area (Å²) in [6.07, 6.45) is 1.62. The van der Waals surface area contributed by atoms with Crippen LogP contribution in [0, 0.1) is 0 Å². The first-order chi connectivity index (χ1) is 14.7. The molecular formula is C23H23N3O4. The molecule has 0 saturated carbocycles. The summed E-state index contributed by atoms with van der Waals surface area (Å²) in [6.45, 7) is 4.28. The summed E-state index contributed by atoms with van der Waals surface area (Å²) in [5.74, 6) is -0.441. The first-order valence-electron chi connectivity index (χ1n) is 9.96. The van der Waals surface area contributed by atoms with E-state index in [1.165, 1.54) is 0 Å². The van der Waals surface area contributed by atoms with Gasteiger partial charge in [-0.05, 0) is 37.3 Å². The molecule has 0 aliphatic carbocycles. The highest BCUT2D eigenvalue weighted by Gasteiger charge is 2.23. The van der Waals surface area contributed by atoms with Gasteiger partial charge in [0.05, 0.1) is 42.2 Å². The normalized spacial score (nSPS) is 13.8. The predicted octanol–water partition coefficient (Wildman–Crippen LogP) is 3.63. The molecule has 1 aliphatic heterocycles. The second kappa shape index (κ2) is 8.92. The molecular weight excluding hydrogens is 382 g/mol. The fourth-order valence-electron chi connectivity index (χ4n) is 3.42. The zero-order chi connectivity index (χ0) is 20.9. The Kier molecular flexibility index (Phi) is 5.90. The molecule has 1 aromatic heterocycles. The van der Waals surface area contributed by atoms with Gasteiger partial charge in [0.2, 0.25) is 0 Å². The van der Waals surface area contributed by atoms with E-state index in [4.69, 9.17) is 9.47 Å². The lowest BCUT2D eigenvalue weighted by Gasteiger charge is -2.28. The number of pyridine rings is 1. The zero-order valence-corrected chi connectivity index (χ0v) is 16.8. The van der Waals surface area contributed by atoms with Crippen LogP contribution in [0.4, 0.5) is 11.4 Å². The summed E-state index contributed by atoms with van der Waals surface area (Å²) >= 11 is 0. The van der Waals surface area contributed by atoms with Crippen molar-refractivity contribution >= 4 is 34.2 Å². The highest BCUT2D eigenvalue weighted by Crippen LogP contribution is 2.30. The maximum absolute atomic E-state index is 13.2. The van der Waals surface area contributed by atoms with E-state index in [-0.39, 0.29) is 11.9 Å². The molecule has 1 aliphatic rings. The Morgan fingerprint density at radius 1 is 1.10 bits per heavy atom. The van der Waals surface area contributed by atoms with Crippen molar-refractivity contribution in [3.8, 4) is 0 Å². The molecule has 154 valence electrons. The van der Waals surface area contributed by atoms with Crippen molar-refractivity contribution in [1.29, 1.82) is 0 Å². The number of nitrogens with one attached hydrogen (secondary N) is 1. The third kappa shape index (κ3) is 4.11. The van der Waals surface area contributed by atoms with Crippen molar-refractivity contribution in [3.63, 3.8) is 0 Å². The topological polar surface area (TPSA) is 80.8 Å². The molecule has 0 spiro atoms. The van der Waals surface area contributed by atoms with E-state index < -0.39 is 0 Å². The van der Waals surface area contributed by atoms with Crippen LogP contribution >= 0.6 is 0 Å². The third-order valence-corrected chi connectivity index (χ3v) is 4.97. The molecule has 0 bridgehead atoms. The fourth-order valence-corrected chi connectivity index (χ4v) is 3.42. The molecule has 7 nitrogen and oxygen atoms in total. The van der Waals surface area contributed by atoms with E-state index in [9.17, 15) is 9.59 Å². The van der Waals surface area contributed by atoms with Gasteiger partial charge in [-0.1, -0.05) is 18.2 Å². The minimum atomic E-state index is -0.360. The molecule has 1 fully saturated rings. The number of esters is 1. The van der Waals surface area contributed by atoms with Gasteiger partial charge in [-0.25, -0.2) is 4.79 Å². The van der Waals surface area contributed by atoms with Gasteiger partial charge in [-0.2, -0.15) is 0 Å². The van der Waals surface area contributed by atoms with Crippen LogP contribution in [-0.2, 0) is 9.47 Å². The lowest BCUT2D eigenvalue weighted by atomic mass is 10.1. The van der Waals surface area contributed by atoms with Gasteiger partial charge in [0, 0.05) is 30.4 Å². The molecule has 0 radical (unpaired) electrons. The molecule has 3 aromatic rings. The molecule has 0 atom stereocenters. The average Bonchev–Trinajstić information content (AvgIpc) is 2.80. The largest absolute Gasteiger partial charge is 0.462 e. The van der Waals surface area contributed by atoms with Gasteiger partial charge < -0.3 is 19.7 Å². The number of aromatic nitrogens is 1. The van der Waals surface area contributed by atoms with E-state index in [2.05, 4.69) is 10.3 Å². The van der Waals surface area contributed by atoms with Crippen LogP contribution in [0.25, 0.3) is 10.9 Å². The van der Waals surface area contributed by atoms with Crippen LogP contribution in [0.2, 0.25) is 0 Å². The number of rotatable bonds is 5. The Bertz CT molecular complexity index is 1060. The van der Waals surface area contributed by atoms with E-state index in [1.807, 2.05) is 24.3 Å². The first kappa shape index (κ1) is 19.8. The van der Waals surface area contributed by atoms with Crippen LogP contribution in [-0.4, -0.2) is 54.7 Å². The number of carbonyl (C=O) groups is 2. The molecule has 30 heavy (non-hydrogen) atoms. The number of fused-ring (bicyclic) bond motifs is 1. The van der Waals surface area contributed by atoms with Gasteiger partial charge >= 0.3 is 5.97 Å². The summed E-state index contributed by atoms with van der Waals surface area (Å²) < 4.78 is 10.4. The Morgan fingerprint density at radius 3 is 2.57 bits per heavy atom. The summed E-state index contributed by atoms with van der Waals surface area (Å²) in [5, 5.41) is 4.22. The number of hydrogen-bond acceptors (Lipinski definition) is 6. The van der Waals surface area contributed by atoms with Crippen LogP contribution < -0.4 is 5.32 Å². The second-order valence-corrected chi connectivity index (χ2v) is 6.89. The zero-order valence-electron chi connectivity index (χ0n) is 16.8. The SMILES string of the molecule is CCOC(=O)c1ccc(Nc2c(C(=O)N3CCOCC3)cnc3ccccc23)cc1. The lowest BCUT2D eigenvalue weighted by molar-refractivity contribution is 0.0303. The third-order valence-electron chi connectivity index (χ3n) is 4.97. The van der Waals surface area contributed by atoms with Crippen LogP contribution in [0.15, 0.2) is 54.7 Å². The second-order valence-electron chi connectivity index (χ2n) is 6.89. The quantitative estimate of drug-likeness (QED) is 0.653. The fraction of sp³-hybridized carbons (Fsp3) is 0.261. The van der Waals surface area contributed by atoms with Crippen LogP contribution in [0.5, 0.6) is 0 Å². The van der Waals surface area contributed by atoms with Gasteiger partial charge in [-0.3, -0.25) is 9.78 Å². The van der Waals surface area contributed by atoms with Crippen molar-refractivity contribution in [2.24, 2.45) is 0 Å².